The Hall–Kier alpha value is -1.26. The Morgan fingerprint density at radius 1 is 1.15 bits per heavy atom. The average Bonchev–Trinajstić information content (AvgIpc) is 3.08. The third-order valence-corrected chi connectivity index (χ3v) is 3.35. The fourth-order valence-electron chi connectivity index (χ4n) is 2.39. The van der Waals surface area contributed by atoms with Crippen molar-refractivity contribution in [2.75, 3.05) is 13.1 Å². The van der Waals surface area contributed by atoms with E-state index in [1.807, 2.05) is 4.90 Å². The Morgan fingerprint density at radius 3 is 2.00 bits per heavy atom. The Kier molecular flexibility index (Phi) is 6.30. The number of aliphatic carboxylic acids is 1. The Balaban J connectivity index is 2.59. The second-order valence-electron chi connectivity index (χ2n) is 6.68. The lowest BCUT2D eigenvalue weighted by Crippen LogP contribution is -2.48. The van der Waals surface area contributed by atoms with Crippen LogP contribution in [0, 0.1) is 17.8 Å². The van der Waals surface area contributed by atoms with Crippen molar-refractivity contribution in [1.82, 2.24) is 10.2 Å². The zero-order valence-corrected chi connectivity index (χ0v) is 13.1. The van der Waals surface area contributed by atoms with Gasteiger partial charge < -0.3 is 15.3 Å². The first kappa shape index (κ1) is 16.8. The topological polar surface area (TPSA) is 69.6 Å². The summed E-state index contributed by atoms with van der Waals surface area (Å²) in [5, 5.41) is 11.9. The molecule has 1 fully saturated rings. The number of nitrogens with zero attached hydrogens (tertiary/aromatic N) is 1. The molecule has 1 aliphatic carbocycles. The van der Waals surface area contributed by atoms with Crippen LogP contribution in [0.25, 0.3) is 0 Å². The predicted molar refractivity (Wildman–Crippen MR) is 78.5 cm³/mol. The van der Waals surface area contributed by atoms with Crippen LogP contribution in [0.3, 0.4) is 0 Å². The highest BCUT2D eigenvalue weighted by Crippen LogP contribution is 2.34. The van der Waals surface area contributed by atoms with Crippen LogP contribution in [0.2, 0.25) is 0 Å². The molecule has 1 saturated carbocycles. The van der Waals surface area contributed by atoms with E-state index in [0.717, 1.165) is 12.8 Å². The van der Waals surface area contributed by atoms with Gasteiger partial charge in [-0.05, 0) is 30.6 Å². The van der Waals surface area contributed by atoms with Crippen LogP contribution in [0.4, 0.5) is 4.79 Å². The summed E-state index contributed by atoms with van der Waals surface area (Å²) in [4.78, 5) is 25.1. The van der Waals surface area contributed by atoms with Crippen molar-refractivity contribution in [3.8, 4) is 0 Å². The van der Waals surface area contributed by atoms with Gasteiger partial charge in [0, 0.05) is 19.1 Å². The molecule has 116 valence electrons. The lowest BCUT2D eigenvalue weighted by molar-refractivity contribution is -0.137. The van der Waals surface area contributed by atoms with Crippen molar-refractivity contribution in [3.63, 3.8) is 0 Å². The lowest BCUT2D eigenvalue weighted by Gasteiger charge is -2.29. The van der Waals surface area contributed by atoms with E-state index in [4.69, 9.17) is 5.11 Å². The van der Waals surface area contributed by atoms with Crippen LogP contribution in [-0.4, -0.2) is 41.1 Å². The van der Waals surface area contributed by atoms with Gasteiger partial charge in [0.15, 0.2) is 0 Å². The largest absolute Gasteiger partial charge is 0.481 e. The Labute approximate surface area is 121 Å². The van der Waals surface area contributed by atoms with Crippen molar-refractivity contribution < 1.29 is 14.7 Å². The van der Waals surface area contributed by atoms with E-state index in [1.165, 1.54) is 0 Å². The highest BCUT2D eigenvalue weighted by molar-refractivity contribution is 5.76. The van der Waals surface area contributed by atoms with E-state index >= 15 is 0 Å². The van der Waals surface area contributed by atoms with Gasteiger partial charge in [-0.1, -0.05) is 27.7 Å². The molecule has 0 saturated heterocycles. The van der Waals surface area contributed by atoms with Crippen LogP contribution >= 0.6 is 0 Å². The molecule has 2 N–H and O–H groups in total. The summed E-state index contributed by atoms with van der Waals surface area (Å²) in [6, 6.07) is -0.340. The molecule has 0 bridgehead atoms. The number of rotatable bonds is 8. The first-order valence-electron chi connectivity index (χ1n) is 7.56. The smallest absolute Gasteiger partial charge is 0.317 e. The number of hydrogen-bond acceptors (Lipinski definition) is 2. The quantitative estimate of drug-likeness (QED) is 0.719. The van der Waals surface area contributed by atoms with Crippen molar-refractivity contribution >= 4 is 12.0 Å². The maximum absolute atomic E-state index is 12.4. The number of carbonyl (C=O) groups excluding carboxylic acids is 1. The van der Waals surface area contributed by atoms with Crippen molar-refractivity contribution in [2.24, 2.45) is 17.8 Å². The minimum absolute atomic E-state index is 0.0214. The van der Waals surface area contributed by atoms with E-state index < -0.39 is 5.97 Å². The molecule has 0 spiro atoms. The molecular formula is C15H28N2O3. The highest BCUT2D eigenvalue weighted by Gasteiger charge is 2.34. The van der Waals surface area contributed by atoms with Gasteiger partial charge in [-0.2, -0.15) is 0 Å². The molecular weight excluding hydrogens is 256 g/mol. The molecule has 1 unspecified atom stereocenters. The predicted octanol–water partition coefficient (Wildman–Crippen LogP) is 2.56. The molecule has 1 aliphatic rings. The molecule has 1 atom stereocenters. The number of nitrogens with one attached hydrogen (secondary N) is 1. The van der Waals surface area contributed by atoms with Crippen LogP contribution < -0.4 is 5.32 Å². The number of carbonyl (C=O) groups is 2. The Bertz CT molecular complexity index is 328. The Morgan fingerprint density at radius 2 is 1.65 bits per heavy atom. The van der Waals surface area contributed by atoms with Gasteiger partial charge in [-0.15, -0.1) is 0 Å². The molecule has 5 nitrogen and oxygen atoms in total. The molecule has 0 aliphatic heterocycles. The van der Waals surface area contributed by atoms with E-state index in [1.54, 1.807) is 0 Å². The summed E-state index contributed by atoms with van der Waals surface area (Å²) >= 11 is 0. The summed E-state index contributed by atoms with van der Waals surface area (Å²) < 4.78 is 0. The summed E-state index contributed by atoms with van der Waals surface area (Å²) in [5.41, 5.74) is 0. The molecule has 0 aromatic carbocycles. The van der Waals surface area contributed by atoms with E-state index in [-0.39, 0.29) is 18.5 Å². The fraction of sp³-hybridized carbons (Fsp3) is 0.867. The van der Waals surface area contributed by atoms with E-state index in [9.17, 15) is 9.59 Å². The van der Waals surface area contributed by atoms with Crippen LogP contribution in [0.15, 0.2) is 0 Å². The fourth-order valence-corrected chi connectivity index (χ4v) is 2.39. The third-order valence-electron chi connectivity index (χ3n) is 3.35. The van der Waals surface area contributed by atoms with Crippen LogP contribution in [0.5, 0.6) is 0 Å². The molecule has 1 rings (SSSR count). The molecule has 0 aromatic rings. The van der Waals surface area contributed by atoms with E-state index in [2.05, 4.69) is 33.0 Å². The number of urea groups is 1. The first-order valence-corrected chi connectivity index (χ1v) is 7.56. The van der Waals surface area contributed by atoms with Gasteiger partial charge in [-0.25, -0.2) is 4.79 Å². The zero-order valence-electron chi connectivity index (χ0n) is 13.1. The van der Waals surface area contributed by atoms with Gasteiger partial charge in [0.25, 0.3) is 0 Å². The van der Waals surface area contributed by atoms with Crippen LogP contribution in [0.1, 0.15) is 47.0 Å². The second-order valence-corrected chi connectivity index (χ2v) is 6.68. The zero-order chi connectivity index (χ0) is 15.3. The molecule has 20 heavy (non-hydrogen) atoms. The van der Waals surface area contributed by atoms with Crippen molar-refractivity contribution in [3.05, 3.63) is 0 Å². The molecule has 0 aromatic heterocycles. The van der Waals surface area contributed by atoms with E-state index in [0.29, 0.717) is 30.8 Å². The van der Waals surface area contributed by atoms with Gasteiger partial charge >= 0.3 is 12.0 Å². The molecule has 5 heteroatoms. The summed E-state index contributed by atoms with van der Waals surface area (Å²) in [6.45, 7) is 9.72. The molecule has 0 heterocycles. The summed E-state index contributed by atoms with van der Waals surface area (Å²) in [7, 11) is 0. The standard InChI is InChI=1S/C15H28N2O3/c1-10(2)8-17(9-11(3)4)15(20)16-13(7-14(18)19)12-5-6-12/h10-13H,5-9H2,1-4H3,(H,16,20)(H,18,19). The monoisotopic (exact) mass is 284 g/mol. The number of hydrogen-bond donors (Lipinski definition) is 2. The average molecular weight is 284 g/mol. The SMILES string of the molecule is CC(C)CN(CC(C)C)C(=O)NC(CC(=O)O)C1CC1. The van der Waals surface area contributed by atoms with Gasteiger partial charge in [0.2, 0.25) is 0 Å². The summed E-state index contributed by atoms with van der Waals surface area (Å²) in [6.07, 6.45) is 2.06. The molecule has 2 amide bonds. The minimum atomic E-state index is -0.846. The van der Waals surface area contributed by atoms with Crippen molar-refractivity contribution in [1.29, 1.82) is 0 Å². The summed E-state index contributed by atoms with van der Waals surface area (Å²) in [5.74, 6) is 0.299. The highest BCUT2D eigenvalue weighted by atomic mass is 16.4. The maximum Gasteiger partial charge on any atom is 0.317 e. The van der Waals surface area contributed by atoms with Crippen LogP contribution in [-0.2, 0) is 4.79 Å². The maximum atomic E-state index is 12.4. The number of carboxylic acid groups (broad SMARTS) is 1. The van der Waals surface area contributed by atoms with Gasteiger partial charge in [-0.3, -0.25) is 4.79 Å². The third kappa shape index (κ3) is 6.26. The first-order chi connectivity index (χ1) is 9.29. The number of carboxylic acids is 1. The van der Waals surface area contributed by atoms with Gasteiger partial charge in [0.05, 0.1) is 6.42 Å². The molecule has 0 radical (unpaired) electrons. The van der Waals surface area contributed by atoms with Crippen molar-refractivity contribution in [2.45, 2.75) is 53.0 Å². The normalized spacial score (nSPS) is 16.3. The lowest BCUT2D eigenvalue weighted by atomic mass is 10.1. The second kappa shape index (κ2) is 7.50. The van der Waals surface area contributed by atoms with Gasteiger partial charge in [0.1, 0.15) is 0 Å². The minimum Gasteiger partial charge on any atom is -0.481 e. The number of amides is 2.